The zero-order valence-corrected chi connectivity index (χ0v) is 10.5. The van der Waals surface area contributed by atoms with Crippen LogP contribution >= 0.6 is 0 Å². The standard InChI is InChI=1S/C13H17NO4/c1-13(2)17-9-11(18-13)8-16-12(15)14-10-6-4-3-5-7-10/h3-7,11H,8-9H2,1-2H3,(H,14,15)/t11-/m0/s1. The highest BCUT2D eigenvalue weighted by molar-refractivity contribution is 5.84. The van der Waals surface area contributed by atoms with Gasteiger partial charge in [0, 0.05) is 5.69 Å². The molecular formula is C13H17NO4. The van der Waals surface area contributed by atoms with Crippen molar-refractivity contribution >= 4 is 11.8 Å². The number of benzene rings is 1. The summed E-state index contributed by atoms with van der Waals surface area (Å²) in [6, 6.07) is 9.14. The van der Waals surface area contributed by atoms with Crippen LogP contribution in [0.15, 0.2) is 30.3 Å². The Morgan fingerprint density at radius 1 is 1.44 bits per heavy atom. The van der Waals surface area contributed by atoms with Crippen molar-refractivity contribution in [2.45, 2.75) is 25.7 Å². The van der Waals surface area contributed by atoms with Gasteiger partial charge in [0.25, 0.3) is 0 Å². The molecule has 1 aliphatic heterocycles. The van der Waals surface area contributed by atoms with Crippen LogP contribution < -0.4 is 5.32 Å². The predicted octanol–water partition coefficient (Wildman–Crippen LogP) is 2.39. The van der Waals surface area contributed by atoms with Crippen molar-refractivity contribution in [1.82, 2.24) is 0 Å². The molecule has 98 valence electrons. The second kappa shape index (κ2) is 5.37. The number of hydrogen-bond acceptors (Lipinski definition) is 4. The number of amides is 1. The Morgan fingerprint density at radius 2 is 2.17 bits per heavy atom. The molecular weight excluding hydrogens is 234 g/mol. The molecule has 2 rings (SSSR count). The van der Waals surface area contributed by atoms with Crippen molar-refractivity contribution in [1.29, 1.82) is 0 Å². The molecule has 0 radical (unpaired) electrons. The normalized spacial score (nSPS) is 21.6. The summed E-state index contributed by atoms with van der Waals surface area (Å²) >= 11 is 0. The molecule has 0 saturated carbocycles. The minimum atomic E-state index is -0.593. The maximum absolute atomic E-state index is 11.5. The molecule has 1 heterocycles. The van der Waals surface area contributed by atoms with E-state index in [0.717, 1.165) is 0 Å². The summed E-state index contributed by atoms with van der Waals surface area (Å²) in [6.07, 6.45) is -0.698. The van der Waals surface area contributed by atoms with Crippen LogP contribution in [0.4, 0.5) is 10.5 Å². The molecule has 0 spiro atoms. The summed E-state index contributed by atoms with van der Waals surface area (Å²) in [6.45, 7) is 4.28. The summed E-state index contributed by atoms with van der Waals surface area (Å²) in [5.74, 6) is -0.593. The van der Waals surface area contributed by atoms with E-state index in [2.05, 4.69) is 5.32 Å². The van der Waals surface area contributed by atoms with Gasteiger partial charge in [0.2, 0.25) is 0 Å². The van der Waals surface area contributed by atoms with Crippen molar-refractivity contribution in [2.24, 2.45) is 0 Å². The monoisotopic (exact) mass is 251 g/mol. The highest BCUT2D eigenvalue weighted by Gasteiger charge is 2.33. The van der Waals surface area contributed by atoms with Gasteiger partial charge in [-0.25, -0.2) is 4.79 Å². The first-order chi connectivity index (χ1) is 8.55. The molecule has 1 amide bonds. The summed E-state index contributed by atoms with van der Waals surface area (Å²) in [4.78, 5) is 11.5. The molecule has 18 heavy (non-hydrogen) atoms. The van der Waals surface area contributed by atoms with E-state index in [-0.39, 0.29) is 12.7 Å². The van der Waals surface area contributed by atoms with Gasteiger partial charge in [-0.05, 0) is 26.0 Å². The largest absolute Gasteiger partial charge is 0.446 e. The zero-order valence-electron chi connectivity index (χ0n) is 10.5. The molecule has 1 N–H and O–H groups in total. The van der Waals surface area contributed by atoms with Gasteiger partial charge in [-0.2, -0.15) is 0 Å². The van der Waals surface area contributed by atoms with Crippen molar-refractivity contribution in [3.05, 3.63) is 30.3 Å². The Morgan fingerprint density at radius 3 is 2.78 bits per heavy atom. The van der Waals surface area contributed by atoms with E-state index in [0.29, 0.717) is 12.3 Å². The van der Waals surface area contributed by atoms with Crippen LogP contribution in [0.2, 0.25) is 0 Å². The molecule has 0 aliphatic carbocycles. The second-order valence-electron chi connectivity index (χ2n) is 4.54. The van der Waals surface area contributed by atoms with Crippen molar-refractivity contribution < 1.29 is 19.0 Å². The van der Waals surface area contributed by atoms with Gasteiger partial charge in [0.05, 0.1) is 6.61 Å². The average Bonchev–Trinajstić information content (AvgIpc) is 2.68. The number of para-hydroxylation sites is 1. The number of hydrogen-bond donors (Lipinski definition) is 1. The molecule has 1 saturated heterocycles. The topological polar surface area (TPSA) is 56.8 Å². The van der Waals surface area contributed by atoms with Gasteiger partial charge in [-0.15, -0.1) is 0 Å². The molecule has 5 nitrogen and oxygen atoms in total. The summed E-state index contributed by atoms with van der Waals surface area (Å²) in [7, 11) is 0. The van der Waals surface area contributed by atoms with Gasteiger partial charge in [0.1, 0.15) is 12.7 Å². The van der Waals surface area contributed by atoms with E-state index in [4.69, 9.17) is 14.2 Å². The van der Waals surface area contributed by atoms with Crippen LogP contribution in [-0.2, 0) is 14.2 Å². The van der Waals surface area contributed by atoms with Crippen LogP contribution in [0.5, 0.6) is 0 Å². The Hall–Kier alpha value is -1.59. The number of nitrogens with one attached hydrogen (secondary N) is 1. The maximum atomic E-state index is 11.5. The average molecular weight is 251 g/mol. The minimum absolute atomic E-state index is 0.183. The van der Waals surface area contributed by atoms with E-state index in [1.807, 2.05) is 32.0 Å². The van der Waals surface area contributed by atoms with Crippen molar-refractivity contribution in [3.8, 4) is 0 Å². The van der Waals surface area contributed by atoms with E-state index in [1.165, 1.54) is 0 Å². The molecule has 5 heteroatoms. The van der Waals surface area contributed by atoms with Crippen LogP contribution in [0.3, 0.4) is 0 Å². The number of anilines is 1. The van der Waals surface area contributed by atoms with Crippen LogP contribution in [-0.4, -0.2) is 31.2 Å². The third kappa shape index (κ3) is 3.72. The Balaban J connectivity index is 1.73. The Bertz CT molecular complexity index is 405. The van der Waals surface area contributed by atoms with Gasteiger partial charge >= 0.3 is 6.09 Å². The van der Waals surface area contributed by atoms with Crippen molar-refractivity contribution in [2.75, 3.05) is 18.5 Å². The minimum Gasteiger partial charge on any atom is -0.446 e. The van der Waals surface area contributed by atoms with Crippen LogP contribution in [0.25, 0.3) is 0 Å². The first-order valence-corrected chi connectivity index (χ1v) is 5.86. The number of carbonyl (C=O) groups is 1. The zero-order chi connectivity index (χ0) is 13.0. The summed E-state index contributed by atoms with van der Waals surface area (Å²) in [5.41, 5.74) is 0.700. The van der Waals surface area contributed by atoms with Gasteiger partial charge in [0.15, 0.2) is 5.79 Å². The maximum Gasteiger partial charge on any atom is 0.411 e. The lowest BCUT2D eigenvalue weighted by atomic mass is 10.3. The van der Waals surface area contributed by atoms with Crippen molar-refractivity contribution in [3.63, 3.8) is 0 Å². The second-order valence-corrected chi connectivity index (χ2v) is 4.54. The third-order valence-corrected chi connectivity index (χ3v) is 2.49. The number of ether oxygens (including phenoxy) is 3. The van der Waals surface area contributed by atoms with Gasteiger partial charge in [-0.1, -0.05) is 18.2 Å². The molecule has 1 fully saturated rings. The number of carbonyl (C=O) groups excluding carboxylic acids is 1. The third-order valence-electron chi connectivity index (χ3n) is 2.49. The molecule has 0 unspecified atom stereocenters. The van der Waals surface area contributed by atoms with Crippen LogP contribution in [0, 0.1) is 0 Å². The Labute approximate surface area is 106 Å². The fourth-order valence-electron chi connectivity index (χ4n) is 1.69. The lowest BCUT2D eigenvalue weighted by molar-refractivity contribution is -0.142. The highest BCUT2D eigenvalue weighted by Crippen LogP contribution is 2.22. The summed E-state index contributed by atoms with van der Waals surface area (Å²) in [5, 5.41) is 2.63. The fraction of sp³-hybridized carbons (Fsp3) is 0.462. The van der Waals surface area contributed by atoms with Gasteiger partial charge in [-0.3, -0.25) is 5.32 Å². The molecule has 0 bridgehead atoms. The van der Waals surface area contributed by atoms with E-state index in [9.17, 15) is 4.79 Å². The molecule has 1 atom stereocenters. The molecule has 1 aliphatic rings. The predicted molar refractivity (Wildman–Crippen MR) is 66.3 cm³/mol. The SMILES string of the molecule is CC1(C)OC[C@H](COC(=O)Nc2ccccc2)O1. The first-order valence-electron chi connectivity index (χ1n) is 5.86. The fourth-order valence-corrected chi connectivity index (χ4v) is 1.69. The highest BCUT2D eigenvalue weighted by atomic mass is 16.7. The molecule has 1 aromatic rings. The van der Waals surface area contributed by atoms with E-state index < -0.39 is 11.9 Å². The molecule has 0 aromatic heterocycles. The van der Waals surface area contributed by atoms with Gasteiger partial charge < -0.3 is 14.2 Å². The Kier molecular flexibility index (Phi) is 3.84. The van der Waals surface area contributed by atoms with E-state index in [1.54, 1.807) is 12.1 Å². The van der Waals surface area contributed by atoms with Crippen LogP contribution in [0.1, 0.15) is 13.8 Å². The smallest absolute Gasteiger partial charge is 0.411 e. The first kappa shape index (κ1) is 12.9. The number of rotatable bonds is 3. The lowest BCUT2D eigenvalue weighted by Gasteiger charge is -2.17. The molecule has 1 aromatic carbocycles. The van der Waals surface area contributed by atoms with E-state index >= 15 is 0 Å². The summed E-state index contributed by atoms with van der Waals surface area (Å²) < 4.78 is 16.0. The quantitative estimate of drug-likeness (QED) is 0.896. The lowest BCUT2D eigenvalue weighted by Crippen LogP contribution is -2.26.